The van der Waals surface area contributed by atoms with Crippen molar-refractivity contribution in [1.82, 2.24) is 26.2 Å². The number of unbranched alkanes of at least 4 members (excludes halogenated alkanes) is 2. The molecule has 0 saturated carbocycles. The molecule has 4 bridgehead atoms. The number of nitrogens with zero attached hydrogens (tertiary/aromatic N) is 2. The lowest BCUT2D eigenvalue weighted by Gasteiger charge is -2.42. The number of urea groups is 1. The van der Waals surface area contributed by atoms with Crippen molar-refractivity contribution < 1.29 is 71.9 Å². The van der Waals surface area contributed by atoms with E-state index in [1.54, 1.807) is 52.0 Å². The van der Waals surface area contributed by atoms with Crippen molar-refractivity contribution in [3.05, 3.63) is 81.9 Å². The highest BCUT2D eigenvalue weighted by atomic mass is 35.5. The summed E-state index contributed by atoms with van der Waals surface area (Å²) in [7, 11) is 4.37. The number of alkyl carbamates (subject to hydrolysis) is 1. The van der Waals surface area contributed by atoms with E-state index in [0.717, 1.165) is 16.0 Å². The first-order valence-corrected chi connectivity index (χ1v) is 27.7. The number of hydrogen-bond donors (Lipinski definition) is 8. The van der Waals surface area contributed by atoms with E-state index in [4.69, 9.17) is 52.6 Å². The van der Waals surface area contributed by atoms with E-state index in [1.807, 2.05) is 13.0 Å². The maximum Gasteiger partial charge on any atom is 0.412 e. The second kappa shape index (κ2) is 28.2. The molecule has 10 amide bonds. The number of allylic oxidation sites excluding steroid dienone is 3. The molecule has 0 aliphatic carbocycles. The fourth-order valence-corrected chi connectivity index (χ4v) is 10.6. The quantitative estimate of drug-likeness (QED) is 0.0459. The lowest BCUT2D eigenvalue weighted by Crippen LogP contribution is -2.63. The molecule has 2 aromatic rings. The van der Waals surface area contributed by atoms with Crippen LogP contribution in [-0.2, 0) is 54.1 Å². The average Bonchev–Trinajstić information content (AvgIpc) is 2.00. The summed E-state index contributed by atoms with van der Waals surface area (Å²) in [4.78, 5) is 120. The standard InChI is InChI=1S/C56H73Cl2N9O15/c1-30(2)48(64-43(68)17-10-9-11-23-67-44(69)20-21-45(67)70)51(73)62-37(15-13-22-60-52(59)74)50(72)61-34-18-19-36(35(57)27-34)63-53(75)81-42-28-46(71)66(6)38-25-33(26-39(78-7)47(38)58)24-31(3)14-12-16-41(79-8)56(77)29-40(80-54(76)65-56)32(4)49-55(42,5)82-49/h12,14,16,18-21,25-27,30,32,37,40-42,48-49,77H,9-11,13,15,17,22-24,28-29H2,1-8H3,(H,61,72)(H,62,73)(H,63,75)(H,64,68)(H,65,76)(H3,59,60,74)/b16-12+,31-14+/t32-,37+,40+,41-,42+,48+,49+,55+,56+/m1/s1. The molecule has 9 atom stereocenters. The summed E-state index contributed by atoms with van der Waals surface area (Å²) in [5, 5.41) is 27.7. The summed E-state index contributed by atoms with van der Waals surface area (Å²) in [6.07, 6.45) is 3.13. The molecule has 446 valence electrons. The molecule has 4 aliphatic heterocycles. The number of nitrogens with one attached hydrogen (secondary N) is 6. The van der Waals surface area contributed by atoms with Crippen molar-refractivity contribution >= 4 is 93.9 Å². The van der Waals surface area contributed by atoms with Gasteiger partial charge in [-0.1, -0.05) is 74.2 Å². The lowest BCUT2D eigenvalue weighted by molar-refractivity contribution is -0.142. The van der Waals surface area contributed by atoms with Crippen molar-refractivity contribution in [2.75, 3.05) is 49.9 Å². The van der Waals surface area contributed by atoms with Crippen molar-refractivity contribution in [1.29, 1.82) is 0 Å². The zero-order valence-electron chi connectivity index (χ0n) is 47.1. The minimum atomic E-state index is -1.91. The number of anilines is 3. The first kappa shape index (κ1) is 63.9. The molecule has 2 aromatic carbocycles. The zero-order valence-corrected chi connectivity index (χ0v) is 48.6. The van der Waals surface area contributed by atoms with Crippen LogP contribution in [0, 0.1) is 11.8 Å². The van der Waals surface area contributed by atoms with Gasteiger partial charge in [-0.2, -0.15) is 0 Å². The molecular weight excluding hydrogens is 1110 g/mol. The first-order chi connectivity index (χ1) is 38.8. The number of epoxide rings is 1. The van der Waals surface area contributed by atoms with Gasteiger partial charge >= 0.3 is 18.2 Å². The minimum Gasteiger partial charge on any atom is -0.495 e. The molecule has 9 N–H and O–H groups in total. The van der Waals surface area contributed by atoms with Crippen molar-refractivity contribution in [2.24, 2.45) is 17.6 Å². The number of halogens is 2. The molecule has 2 fully saturated rings. The smallest absolute Gasteiger partial charge is 0.412 e. The minimum absolute atomic E-state index is 0.0249. The van der Waals surface area contributed by atoms with Gasteiger partial charge in [-0.3, -0.25) is 44.3 Å². The Morgan fingerprint density at radius 1 is 0.963 bits per heavy atom. The van der Waals surface area contributed by atoms with Crippen LogP contribution in [0.2, 0.25) is 10.0 Å². The topological polar surface area (TPSA) is 328 Å². The largest absolute Gasteiger partial charge is 0.495 e. The van der Waals surface area contributed by atoms with Crippen LogP contribution in [0.4, 0.5) is 31.4 Å². The summed E-state index contributed by atoms with van der Waals surface area (Å²) in [5.41, 5.74) is 4.08. The number of benzene rings is 2. The summed E-state index contributed by atoms with van der Waals surface area (Å²) in [5.74, 6) is -3.78. The fourth-order valence-electron chi connectivity index (χ4n) is 10.0. The van der Waals surface area contributed by atoms with Crippen LogP contribution in [0.25, 0.3) is 0 Å². The Morgan fingerprint density at radius 2 is 1.68 bits per heavy atom. The summed E-state index contributed by atoms with van der Waals surface area (Å²) in [6.45, 7) is 9.02. The normalized spacial score (nSPS) is 25.3. The number of carbonyl (C=O) groups is 9. The number of aliphatic hydroxyl groups is 1. The number of primary amides is 1. The lowest BCUT2D eigenvalue weighted by atomic mass is 9.83. The molecule has 4 aliphatic rings. The predicted octanol–water partition coefficient (Wildman–Crippen LogP) is 5.52. The monoisotopic (exact) mass is 1180 g/mol. The number of fused-ring (bicyclic) bond motifs is 5. The molecule has 4 heterocycles. The fraction of sp³-hybridized carbons (Fsp3) is 0.518. The Hall–Kier alpha value is -7.25. The van der Waals surface area contributed by atoms with Gasteiger partial charge in [-0.15, -0.1) is 0 Å². The summed E-state index contributed by atoms with van der Waals surface area (Å²) in [6, 6.07) is 4.62. The van der Waals surface area contributed by atoms with E-state index < -0.39 is 108 Å². The molecular formula is C56H73Cl2N9O15. The van der Waals surface area contributed by atoms with Crippen LogP contribution >= 0.6 is 23.2 Å². The maximum atomic E-state index is 14.4. The Balaban J connectivity index is 1.16. The first-order valence-electron chi connectivity index (χ1n) is 26.9. The third kappa shape index (κ3) is 16.5. The number of imide groups is 1. The van der Waals surface area contributed by atoms with Gasteiger partial charge in [-0.05, 0) is 87.8 Å². The van der Waals surface area contributed by atoms with Gasteiger partial charge in [0.15, 0.2) is 5.72 Å². The molecule has 0 aromatic heterocycles. The molecule has 2 saturated heterocycles. The van der Waals surface area contributed by atoms with E-state index in [-0.39, 0.29) is 72.0 Å². The number of ether oxygens (including phenoxy) is 5. The van der Waals surface area contributed by atoms with Crippen LogP contribution in [0.5, 0.6) is 5.75 Å². The number of hydrogen-bond acceptors (Lipinski definition) is 15. The Bertz CT molecular complexity index is 2850. The van der Waals surface area contributed by atoms with E-state index >= 15 is 0 Å². The van der Waals surface area contributed by atoms with E-state index in [0.29, 0.717) is 37.1 Å². The molecule has 82 heavy (non-hydrogen) atoms. The summed E-state index contributed by atoms with van der Waals surface area (Å²) >= 11 is 13.5. The maximum absolute atomic E-state index is 14.4. The van der Waals surface area contributed by atoms with E-state index in [9.17, 15) is 48.3 Å². The van der Waals surface area contributed by atoms with E-state index in [1.165, 1.54) is 56.5 Å². The third-order valence-corrected chi connectivity index (χ3v) is 15.4. The molecule has 6 rings (SSSR count). The highest BCUT2D eigenvalue weighted by molar-refractivity contribution is 6.35. The third-order valence-electron chi connectivity index (χ3n) is 14.7. The second-order valence-corrected chi connectivity index (χ2v) is 22.0. The van der Waals surface area contributed by atoms with Gasteiger partial charge in [0, 0.05) is 63.8 Å². The van der Waals surface area contributed by atoms with Gasteiger partial charge in [0.1, 0.15) is 46.8 Å². The molecule has 0 unspecified atom stereocenters. The summed E-state index contributed by atoms with van der Waals surface area (Å²) < 4.78 is 29.3. The second-order valence-electron chi connectivity index (χ2n) is 21.3. The molecule has 26 heteroatoms. The highest BCUT2D eigenvalue weighted by Crippen LogP contribution is 2.49. The average molecular weight is 1180 g/mol. The van der Waals surface area contributed by atoms with Crippen LogP contribution in [-0.4, -0.2) is 146 Å². The Labute approximate surface area is 485 Å². The van der Waals surface area contributed by atoms with Gasteiger partial charge in [0.25, 0.3) is 11.8 Å². The number of rotatable bonds is 20. The van der Waals surface area contributed by atoms with Crippen molar-refractivity contribution in [2.45, 2.75) is 140 Å². The Kier molecular flexibility index (Phi) is 21.9. The highest BCUT2D eigenvalue weighted by Gasteiger charge is 2.64. The van der Waals surface area contributed by atoms with Gasteiger partial charge in [-0.25, -0.2) is 14.4 Å². The molecule has 0 spiro atoms. The SMILES string of the molecule is COc1cc2cc(c1Cl)N(C)C(=O)C[C@H](OC(=O)Nc1ccc(NC(=O)[C@H](CCCNC(N)=O)NC(=O)[C@@H](NC(=O)CCCCCN3C(=O)C=CC3=O)C(C)C)cc1Cl)[C@]1(C)O[C@H]1[C@H](C)[C@@H]1C[C@@](O)(NC(=O)O1)[C@H](OC)/C=C/C=C(\C)C2. The number of nitrogens with two attached hydrogens (primary N) is 1. The zero-order chi connectivity index (χ0) is 60.2. The van der Waals surface area contributed by atoms with Gasteiger partial charge in [0.05, 0.1) is 36.0 Å². The van der Waals surface area contributed by atoms with Crippen LogP contribution in [0.3, 0.4) is 0 Å². The Morgan fingerprint density at radius 3 is 2.34 bits per heavy atom. The number of methoxy groups -OCH3 is 2. The van der Waals surface area contributed by atoms with Crippen LogP contribution in [0.1, 0.15) is 91.5 Å². The predicted molar refractivity (Wildman–Crippen MR) is 303 cm³/mol. The van der Waals surface area contributed by atoms with Crippen LogP contribution in [0.15, 0.2) is 66.3 Å². The molecule has 24 nitrogen and oxygen atoms in total. The number of amides is 10. The van der Waals surface area contributed by atoms with Crippen LogP contribution < -0.4 is 47.3 Å². The van der Waals surface area contributed by atoms with Crippen molar-refractivity contribution in [3.63, 3.8) is 0 Å². The van der Waals surface area contributed by atoms with Crippen molar-refractivity contribution in [3.8, 4) is 5.75 Å². The van der Waals surface area contributed by atoms with Gasteiger partial charge < -0.3 is 60.7 Å². The number of carbonyl (C=O) groups excluding carboxylic acids is 9. The van der Waals surface area contributed by atoms with Gasteiger partial charge in [0.2, 0.25) is 23.6 Å². The van der Waals surface area contributed by atoms with E-state index in [2.05, 4.69) is 31.9 Å². The molecule has 0 radical (unpaired) electrons.